The molecule has 7 nitrogen and oxygen atoms in total. The molecule has 23 heavy (non-hydrogen) atoms. The molecule has 0 radical (unpaired) electrons. The first-order chi connectivity index (χ1) is 10.9. The highest BCUT2D eigenvalue weighted by atomic mass is 19.1. The number of likely N-dealkylation sites (tertiary alicyclic amines) is 1. The molecule has 2 aromatic rings. The lowest BCUT2D eigenvalue weighted by Gasteiger charge is -2.19. The number of carbonyl (C=O) groups excluding carboxylic acids is 1. The number of carboxylic acid groups (broad SMARTS) is 1. The smallest absolute Gasteiger partial charge is 0.311 e. The summed E-state index contributed by atoms with van der Waals surface area (Å²) in [7, 11) is 0. The predicted molar refractivity (Wildman–Crippen MR) is 77.6 cm³/mol. The first kappa shape index (κ1) is 15.1. The van der Waals surface area contributed by atoms with E-state index in [-0.39, 0.29) is 24.0 Å². The van der Waals surface area contributed by atoms with Gasteiger partial charge in [0.1, 0.15) is 5.82 Å². The Balaban J connectivity index is 1.77. The zero-order valence-corrected chi connectivity index (χ0v) is 12.4. The number of aliphatic carboxylic acids is 1. The van der Waals surface area contributed by atoms with E-state index in [1.807, 2.05) is 0 Å². The van der Waals surface area contributed by atoms with E-state index in [2.05, 4.69) is 10.3 Å². The van der Waals surface area contributed by atoms with Crippen molar-refractivity contribution in [3.63, 3.8) is 0 Å². The SMILES string of the molecule is C[C@]1(C(=O)O)CCN(C(=O)c2cn(-c3ccc(F)cc3)nn2)C1. The molecule has 1 N–H and O–H groups in total. The van der Waals surface area contributed by atoms with Crippen molar-refractivity contribution < 1.29 is 19.1 Å². The summed E-state index contributed by atoms with van der Waals surface area (Å²) < 4.78 is 14.3. The molecule has 1 amide bonds. The fourth-order valence-electron chi connectivity index (χ4n) is 2.55. The average Bonchev–Trinajstić information content (AvgIpc) is 3.15. The van der Waals surface area contributed by atoms with Crippen LogP contribution in [0, 0.1) is 11.2 Å². The number of aromatic nitrogens is 3. The molecule has 0 spiro atoms. The average molecular weight is 318 g/mol. The second-order valence-electron chi connectivity index (χ2n) is 5.87. The second-order valence-corrected chi connectivity index (χ2v) is 5.87. The Morgan fingerprint density at radius 2 is 2.00 bits per heavy atom. The lowest BCUT2D eigenvalue weighted by molar-refractivity contribution is -0.147. The van der Waals surface area contributed by atoms with Gasteiger partial charge in [-0.05, 0) is 37.6 Å². The molecule has 1 aromatic heterocycles. The van der Waals surface area contributed by atoms with Crippen molar-refractivity contribution >= 4 is 11.9 Å². The molecule has 0 unspecified atom stereocenters. The number of halogens is 1. The fraction of sp³-hybridized carbons (Fsp3) is 0.333. The van der Waals surface area contributed by atoms with Gasteiger partial charge in [-0.1, -0.05) is 5.21 Å². The van der Waals surface area contributed by atoms with Crippen LogP contribution in [-0.4, -0.2) is 50.0 Å². The highest BCUT2D eigenvalue weighted by Gasteiger charge is 2.42. The van der Waals surface area contributed by atoms with E-state index < -0.39 is 11.4 Å². The van der Waals surface area contributed by atoms with Crippen molar-refractivity contribution in [3.8, 4) is 5.69 Å². The molecule has 2 heterocycles. The topological polar surface area (TPSA) is 88.3 Å². The van der Waals surface area contributed by atoms with Gasteiger partial charge in [-0.25, -0.2) is 9.07 Å². The molecular weight excluding hydrogens is 303 g/mol. The van der Waals surface area contributed by atoms with E-state index in [1.165, 1.54) is 40.0 Å². The third-order valence-electron chi connectivity index (χ3n) is 4.08. The van der Waals surface area contributed by atoms with Gasteiger partial charge in [0, 0.05) is 13.1 Å². The summed E-state index contributed by atoms with van der Waals surface area (Å²) >= 11 is 0. The molecular formula is C15H15FN4O3. The Bertz CT molecular complexity index is 758. The Kier molecular flexibility index (Phi) is 3.59. The molecule has 0 bridgehead atoms. The lowest BCUT2D eigenvalue weighted by atomic mass is 9.90. The Hall–Kier alpha value is -2.77. The number of carboxylic acids is 1. The molecule has 1 saturated heterocycles. The van der Waals surface area contributed by atoms with Gasteiger partial charge in [-0.2, -0.15) is 0 Å². The van der Waals surface area contributed by atoms with Crippen molar-refractivity contribution in [2.24, 2.45) is 5.41 Å². The number of carbonyl (C=O) groups is 2. The van der Waals surface area contributed by atoms with Gasteiger partial charge < -0.3 is 10.0 Å². The first-order valence-corrected chi connectivity index (χ1v) is 7.10. The van der Waals surface area contributed by atoms with E-state index in [0.29, 0.717) is 18.7 Å². The van der Waals surface area contributed by atoms with Crippen LogP contribution in [0.15, 0.2) is 30.5 Å². The number of nitrogens with zero attached hydrogens (tertiary/aromatic N) is 4. The maximum atomic E-state index is 12.9. The van der Waals surface area contributed by atoms with Crippen molar-refractivity contribution in [2.45, 2.75) is 13.3 Å². The minimum absolute atomic E-state index is 0.129. The minimum Gasteiger partial charge on any atom is -0.481 e. The second kappa shape index (κ2) is 5.45. The Morgan fingerprint density at radius 1 is 1.30 bits per heavy atom. The van der Waals surface area contributed by atoms with Gasteiger partial charge in [-0.15, -0.1) is 5.10 Å². The van der Waals surface area contributed by atoms with Crippen LogP contribution in [0.1, 0.15) is 23.8 Å². The molecule has 8 heteroatoms. The molecule has 3 rings (SSSR count). The quantitative estimate of drug-likeness (QED) is 0.922. The highest BCUT2D eigenvalue weighted by Crippen LogP contribution is 2.30. The highest BCUT2D eigenvalue weighted by molar-refractivity contribution is 5.93. The minimum atomic E-state index is -0.928. The summed E-state index contributed by atoms with van der Waals surface area (Å²) in [5, 5.41) is 16.9. The standard InChI is InChI=1S/C15H15FN4O3/c1-15(14(22)23)6-7-19(9-15)13(21)12-8-20(18-17-12)11-4-2-10(16)3-5-11/h2-5,8H,6-7,9H2,1H3,(H,22,23)/t15-/m0/s1. The van der Waals surface area contributed by atoms with E-state index in [9.17, 15) is 19.1 Å². The monoisotopic (exact) mass is 318 g/mol. The molecule has 0 saturated carbocycles. The van der Waals surface area contributed by atoms with Crippen LogP contribution in [0.2, 0.25) is 0 Å². The predicted octanol–water partition coefficient (Wildman–Crippen LogP) is 1.34. The fourth-order valence-corrected chi connectivity index (χ4v) is 2.55. The lowest BCUT2D eigenvalue weighted by Crippen LogP contribution is -2.35. The van der Waals surface area contributed by atoms with Crippen LogP contribution >= 0.6 is 0 Å². The van der Waals surface area contributed by atoms with Crippen molar-refractivity contribution in [2.75, 3.05) is 13.1 Å². The van der Waals surface area contributed by atoms with E-state index in [1.54, 1.807) is 6.92 Å². The van der Waals surface area contributed by atoms with Crippen molar-refractivity contribution in [3.05, 3.63) is 42.0 Å². The molecule has 1 aliphatic rings. The molecule has 1 fully saturated rings. The van der Waals surface area contributed by atoms with Gasteiger partial charge in [0.2, 0.25) is 0 Å². The molecule has 1 aliphatic heterocycles. The zero-order valence-electron chi connectivity index (χ0n) is 12.4. The molecule has 1 atom stereocenters. The van der Waals surface area contributed by atoms with Gasteiger partial charge >= 0.3 is 5.97 Å². The third-order valence-corrected chi connectivity index (χ3v) is 4.08. The first-order valence-electron chi connectivity index (χ1n) is 7.10. The zero-order chi connectivity index (χ0) is 16.6. The molecule has 120 valence electrons. The van der Waals surface area contributed by atoms with Gasteiger partial charge in [-0.3, -0.25) is 9.59 Å². The number of hydrogen-bond acceptors (Lipinski definition) is 4. The largest absolute Gasteiger partial charge is 0.481 e. The Labute approximate surface area is 131 Å². The summed E-state index contributed by atoms with van der Waals surface area (Å²) in [6, 6.07) is 5.62. The summed E-state index contributed by atoms with van der Waals surface area (Å²) in [5.41, 5.74) is -0.221. The summed E-state index contributed by atoms with van der Waals surface area (Å²) in [6.07, 6.45) is 1.85. The number of benzene rings is 1. The van der Waals surface area contributed by atoms with Crippen LogP contribution in [0.3, 0.4) is 0 Å². The maximum absolute atomic E-state index is 12.9. The van der Waals surface area contributed by atoms with Crippen molar-refractivity contribution in [1.29, 1.82) is 0 Å². The molecule has 1 aromatic carbocycles. The van der Waals surface area contributed by atoms with E-state index in [4.69, 9.17) is 0 Å². The molecule has 0 aliphatic carbocycles. The Morgan fingerprint density at radius 3 is 2.61 bits per heavy atom. The normalized spacial score (nSPS) is 20.7. The third kappa shape index (κ3) is 2.79. The number of hydrogen-bond donors (Lipinski definition) is 1. The number of amides is 1. The van der Waals surface area contributed by atoms with Crippen LogP contribution < -0.4 is 0 Å². The van der Waals surface area contributed by atoms with Gasteiger partial charge in [0.15, 0.2) is 5.69 Å². The van der Waals surface area contributed by atoms with Gasteiger partial charge in [0.25, 0.3) is 5.91 Å². The van der Waals surface area contributed by atoms with E-state index in [0.717, 1.165) is 0 Å². The van der Waals surface area contributed by atoms with Crippen molar-refractivity contribution in [1.82, 2.24) is 19.9 Å². The van der Waals surface area contributed by atoms with Crippen LogP contribution in [0.25, 0.3) is 5.69 Å². The van der Waals surface area contributed by atoms with Crippen LogP contribution in [-0.2, 0) is 4.79 Å². The maximum Gasteiger partial charge on any atom is 0.311 e. The van der Waals surface area contributed by atoms with E-state index >= 15 is 0 Å². The summed E-state index contributed by atoms with van der Waals surface area (Å²) in [6.45, 7) is 2.13. The van der Waals surface area contributed by atoms with Gasteiger partial charge in [0.05, 0.1) is 17.3 Å². The van der Waals surface area contributed by atoms with Crippen LogP contribution in [0.5, 0.6) is 0 Å². The summed E-state index contributed by atoms with van der Waals surface area (Å²) in [5.74, 6) is -1.64. The van der Waals surface area contributed by atoms with Crippen LogP contribution in [0.4, 0.5) is 4.39 Å². The number of rotatable bonds is 3. The summed E-state index contributed by atoms with van der Waals surface area (Å²) in [4.78, 5) is 25.1.